The van der Waals surface area contributed by atoms with E-state index in [9.17, 15) is 13.2 Å². The Balaban J connectivity index is 1.38. The smallest absolute Gasteiger partial charge is 0.220 e. The van der Waals surface area contributed by atoms with Gasteiger partial charge in [-0.15, -0.1) is 0 Å². The molecule has 4 rings (SSSR count). The number of fused-ring (bicyclic) bond motifs is 3. The zero-order valence-electron chi connectivity index (χ0n) is 15.4. The number of benzene rings is 1. The number of piperidine rings is 2. The summed E-state index contributed by atoms with van der Waals surface area (Å²) in [5, 5.41) is 3.22. The fraction of sp³-hybridized carbons (Fsp3) is 0.650. The van der Waals surface area contributed by atoms with Gasteiger partial charge in [-0.1, -0.05) is 30.7 Å². The van der Waals surface area contributed by atoms with E-state index in [1.807, 2.05) is 0 Å². The van der Waals surface area contributed by atoms with Crippen molar-refractivity contribution in [2.75, 3.05) is 6.26 Å². The van der Waals surface area contributed by atoms with Gasteiger partial charge < -0.3 is 5.32 Å². The van der Waals surface area contributed by atoms with Crippen LogP contribution in [0.5, 0.6) is 0 Å². The number of hydrogen-bond donors (Lipinski definition) is 1. The molecular formula is C20H28N2O3S. The lowest BCUT2D eigenvalue weighted by Gasteiger charge is -2.47. The third kappa shape index (κ3) is 3.54. The van der Waals surface area contributed by atoms with Crippen LogP contribution >= 0.6 is 0 Å². The molecule has 6 heteroatoms. The molecule has 2 heterocycles. The third-order valence-electron chi connectivity index (χ3n) is 6.34. The molecule has 2 bridgehead atoms. The fourth-order valence-electron chi connectivity index (χ4n) is 5.37. The van der Waals surface area contributed by atoms with Gasteiger partial charge in [-0.05, 0) is 55.6 Å². The highest BCUT2D eigenvalue weighted by Gasteiger charge is 2.43. The largest absolute Gasteiger partial charge is 0.353 e. The summed E-state index contributed by atoms with van der Waals surface area (Å²) >= 11 is 0. The molecule has 1 aromatic carbocycles. The monoisotopic (exact) mass is 376 g/mol. The zero-order chi connectivity index (χ0) is 18.3. The van der Waals surface area contributed by atoms with Crippen molar-refractivity contribution < 1.29 is 13.2 Å². The van der Waals surface area contributed by atoms with Crippen molar-refractivity contribution in [3.8, 4) is 0 Å². The van der Waals surface area contributed by atoms with E-state index >= 15 is 0 Å². The predicted molar refractivity (Wildman–Crippen MR) is 101 cm³/mol. The van der Waals surface area contributed by atoms with Crippen LogP contribution in [0.25, 0.3) is 0 Å². The number of sulfonamides is 1. The van der Waals surface area contributed by atoms with Gasteiger partial charge in [0.05, 0.1) is 6.26 Å². The second-order valence-corrected chi connectivity index (χ2v) is 10.1. The van der Waals surface area contributed by atoms with Crippen LogP contribution in [0.15, 0.2) is 24.3 Å². The summed E-state index contributed by atoms with van der Waals surface area (Å²) in [7, 11) is -3.17. The van der Waals surface area contributed by atoms with Crippen LogP contribution in [0.4, 0.5) is 0 Å². The Hall–Kier alpha value is -1.40. The number of nitrogens with zero attached hydrogens (tertiary/aromatic N) is 1. The number of hydrogen-bond acceptors (Lipinski definition) is 3. The first-order valence-corrected chi connectivity index (χ1v) is 11.6. The molecule has 1 aliphatic carbocycles. The van der Waals surface area contributed by atoms with Gasteiger partial charge in [0.15, 0.2) is 0 Å². The minimum atomic E-state index is -3.17. The molecule has 0 saturated carbocycles. The average Bonchev–Trinajstić information content (AvgIpc) is 2.96. The lowest BCUT2D eigenvalue weighted by molar-refractivity contribution is -0.122. The number of aryl methyl sites for hydroxylation is 1. The van der Waals surface area contributed by atoms with Crippen LogP contribution in [0, 0.1) is 0 Å². The molecule has 0 radical (unpaired) electrons. The maximum Gasteiger partial charge on any atom is 0.220 e. The molecule has 5 nitrogen and oxygen atoms in total. The van der Waals surface area contributed by atoms with Crippen molar-refractivity contribution >= 4 is 15.9 Å². The van der Waals surface area contributed by atoms with Crippen LogP contribution < -0.4 is 5.32 Å². The van der Waals surface area contributed by atoms with E-state index in [0.29, 0.717) is 12.3 Å². The van der Waals surface area contributed by atoms with Crippen molar-refractivity contribution in [3.05, 3.63) is 35.4 Å². The van der Waals surface area contributed by atoms with Crippen LogP contribution in [-0.2, 0) is 21.2 Å². The van der Waals surface area contributed by atoms with Gasteiger partial charge in [0, 0.05) is 24.5 Å². The molecule has 0 spiro atoms. The number of carbonyl (C=O) groups is 1. The molecule has 1 N–H and O–H groups in total. The highest BCUT2D eigenvalue weighted by molar-refractivity contribution is 7.88. The molecule has 142 valence electrons. The highest BCUT2D eigenvalue weighted by Crippen LogP contribution is 2.37. The van der Waals surface area contributed by atoms with Gasteiger partial charge in [0.25, 0.3) is 0 Å². The summed E-state index contributed by atoms with van der Waals surface area (Å²) in [6, 6.07) is 8.63. The standard InChI is InChI=1S/C20H28N2O3S/c1-26(24,25)22-17-6-4-7-18(22)13-16(12-17)21-20(23)11-15-10-9-14-5-2-3-8-19(14)15/h2-3,5,8,15-18H,4,6-7,9-13H2,1H3,(H,21,23)/t15?,16?,17-,18+. The van der Waals surface area contributed by atoms with E-state index in [1.54, 1.807) is 4.31 Å². The second kappa shape index (κ2) is 6.97. The molecule has 26 heavy (non-hydrogen) atoms. The maximum atomic E-state index is 12.6. The first-order chi connectivity index (χ1) is 12.4. The van der Waals surface area contributed by atoms with Gasteiger partial charge >= 0.3 is 0 Å². The summed E-state index contributed by atoms with van der Waals surface area (Å²) in [6.07, 6.45) is 8.36. The summed E-state index contributed by atoms with van der Waals surface area (Å²) in [4.78, 5) is 12.6. The summed E-state index contributed by atoms with van der Waals surface area (Å²) in [5.74, 6) is 0.435. The summed E-state index contributed by atoms with van der Waals surface area (Å²) < 4.78 is 25.9. The average molecular weight is 377 g/mol. The van der Waals surface area contributed by atoms with E-state index in [4.69, 9.17) is 0 Å². The van der Waals surface area contributed by atoms with Crippen molar-refractivity contribution in [2.45, 2.75) is 75.4 Å². The molecule has 2 fully saturated rings. The zero-order valence-corrected chi connectivity index (χ0v) is 16.2. The molecule has 2 unspecified atom stereocenters. The van der Waals surface area contributed by atoms with Gasteiger partial charge in [0.2, 0.25) is 15.9 Å². The maximum absolute atomic E-state index is 12.6. The van der Waals surface area contributed by atoms with E-state index in [0.717, 1.165) is 44.9 Å². The minimum Gasteiger partial charge on any atom is -0.353 e. The number of carbonyl (C=O) groups excluding carboxylic acids is 1. The quantitative estimate of drug-likeness (QED) is 0.878. The second-order valence-electron chi connectivity index (χ2n) is 8.21. The van der Waals surface area contributed by atoms with Gasteiger partial charge in [-0.25, -0.2) is 8.42 Å². The van der Waals surface area contributed by atoms with E-state index in [2.05, 4.69) is 29.6 Å². The predicted octanol–water partition coefficient (Wildman–Crippen LogP) is 2.57. The molecule has 2 aliphatic heterocycles. The lowest BCUT2D eigenvalue weighted by Crippen LogP contribution is -2.58. The minimum absolute atomic E-state index is 0.0509. The van der Waals surface area contributed by atoms with Crippen molar-refractivity contribution in [1.82, 2.24) is 9.62 Å². The van der Waals surface area contributed by atoms with Gasteiger partial charge in [-0.2, -0.15) is 4.31 Å². The summed E-state index contributed by atoms with van der Waals surface area (Å²) in [5.41, 5.74) is 2.70. The molecular weight excluding hydrogens is 348 g/mol. The van der Waals surface area contributed by atoms with Gasteiger partial charge in [-0.3, -0.25) is 4.79 Å². The first kappa shape index (κ1) is 18.0. The normalized spacial score (nSPS) is 31.4. The third-order valence-corrected chi connectivity index (χ3v) is 7.71. The van der Waals surface area contributed by atoms with E-state index in [-0.39, 0.29) is 24.0 Å². The van der Waals surface area contributed by atoms with Crippen LogP contribution in [0.3, 0.4) is 0 Å². The number of rotatable bonds is 4. The van der Waals surface area contributed by atoms with E-state index < -0.39 is 10.0 Å². The fourth-order valence-corrected chi connectivity index (χ4v) is 6.83. The first-order valence-electron chi connectivity index (χ1n) is 9.77. The molecule has 1 aromatic rings. The van der Waals surface area contributed by atoms with Crippen LogP contribution in [-0.4, -0.2) is 43.0 Å². The van der Waals surface area contributed by atoms with Crippen LogP contribution in [0.2, 0.25) is 0 Å². The molecule has 2 saturated heterocycles. The number of nitrogens with one attached hydrogen (secondary N) is 1. The Morgan fingerprint density at radius 2 is 1.85 bits per heavy atom. The van der Waals surface area contributed by atoms with Crippen molar-refractivity contribution in [2.24, 2.45) is 0 Å². The van der Waals surface area contributed by atoms with Crippen molar-refractivity contribution in [3.63, 3.8) is 0 Å². The Bertz CT molecular complexity index is 778. The number of amides is 1. The van der Waals surface area contributed by atoms with Gasteiger partial charge in [0.1, 0.15) is 0 Å². The Morgan fingerprint density at radius 3 is 2.54 bits per heavy atom. The lowest BCUT2D eigenvalue weighted by atomic mass is 9.84. The Kier molecular flexibility index (Phi) is 4.82. The summed E-state index contributed by atoms with van der Waals surface area (Å²) in [6.45, 7) is 0. The Morgan fingerprint density at radius 1 is 1.15 bits per heavy atom. The molecule has 1 amide bonds. The van der Waals surface area contributed by atoms with Crippen LogP contribution in [0.1, 0.15) is 62.0 Å². The van der Waals surface area contributed by atoms with E-state index in [1.165, 1.54) is 17.4 Å². The highest BCUT2D eigenvalue weighted by atomic mass is 32.2. The molecule has 3 aliphatic rings. The molecule has 4 atom stereocenters. The SMILES string of the molecule is CS(=O)(=O)N1[C@@H]2CCC[C@H]1CC(NC(=O)CC1CCc3ccccc31)C2. The van der Waals surface area contributed by atoms with Crippen molar-refractivity contribution in [1.29, 1.82) is 0 Å². The molecule has 0 aromatic heterocycles. The topological polar surface area (TPSA) is 66.5 Å². The Labute approximate surface area is 156 Å².